The van der Waals surface area contributed by atoms with Crippen LogP contribution >= 0.6 is 11.3 Å². The summed E-state index contributed by atoms with van der Waals surface area (Å²) in [5, 5.41) is 3.42. The zero-order chi connectivity index (χ0) is 17.3. The maximum atomic E-state index is 12.6. The third-order valence-electron chi connectivity index (χ3n) is 3.85. The van der Waals surface area contributed by atoms with Crippen LogP contribution in [0.1, 0.15) is 63.3 Å². The lowest BCUT2D eigenvalue weighted by molar-refractivity contribution is -0.116. The summed E-state index contributed by atoms with van der Waals surface area (Å²) < 4.78 is 0. The zero-order valence-electron chi connectivity index (χ0n) is 13.3. The van der Waals surface area contributed by atoms with Crippen molar-refractivity contribution in [3.63, 3.8) is 0 Å². The standard InChI is InChI=1S/C16H16N4O3S/c1-8(16-17-6-12(24-16)9(2)21)5-11(22)14-10-3-4-13(23)20-15(10)19-7-18-14/h6-8H,3-5H2,1-2H3,(H,18,19,20,23)/t8-/m0/s1. The molecule has 1 N–H and O–H groups in total. The highest BCUT2D eigenvalue weighted by molar-refractivity contribution is 7.13. The maximum absolute atomic E-state index is 12.6. The van der Waals surface area contributed by atoms with Crippen LogP contribution in [-0.4, -0.2) is 32.4 Å². The molecule has 2 aromatic heterocycles. The molecule has 1 aliphatic heterocycles. The maximum Gasteiger partial charge on any atom is 0.225 e. The molecule has 0 bridgehead atoms. The molecule has 124 valence electrons. The average Bonchev–Trinajstić information content (AvgIpc) is 3.04. The van der Waals surface area contributed by atoms with Crippen LogP contribution in [0.3, 0.4) is 0 Å². The molecule has 3 heterocycles. The molecule has 1 atom stereocenters. The molecule has 24 heavy (non-hydrogen) atoms. The Morgan fingerprint density at radius 3 is 2.79 bits per heavy atom. The van der Waals surface area contributed by atoms with Gasteiger partial charge in [0, 0.05) is 37.4 Å². The molecule has 0 fully saturated rings. The minimum absolute atomic E-state index is 0.0297. The Balaban J connectivity index is 1.78. The predicted octanol–water partition coefficient (Wildman–Crippen LogP) is 2.40. The third-order valence-corrected chi connectivity index (χ3v) is 5.18. The molecule has 0 radical (unpaired) electrons. The van der Waals surface area contributed by atoms with Crippen molar-refractivity contribution in [2.45, 2.75) is 39.0 Å². The average molecular weight is 344 g/mol. The van der Waals surface area contributed by atoms with Gasteiger partial charge < -0.3 is 5.32 Å². The Labute approximate surface area is 142 Å². The van der Waals surface area contributed by atoms with E-state index in [4.69, 9.17) is 0 Å². The second kappa shape index (κ2) is 6.56. The van der Waals surface area contributed by atoms with Crippen LogP contribution in [-0.2, 0) is 11.2 Å². The van der Waals surface area contributed by atoms with Gasteiger partial charge in [-0.1, -0.05) is 6.92 Å². The van der Waals surface area contributed by atoms with Crippen molar-refractivity contribution >= 4 is 34.6 Å². The highest BCUT2D eigenvalue weighted by atomic mass is 32.1. The first kappa shape index (κ1) is 16.4. The number of carbonyl (C=O) groups excluding carboxylic acids is 3. The van der Waals surface area contributed by atoms with E-state index in [0.29, 0.717) is 34.8 Å². The number of Topliss-reactive ketones (excluding diaryl/α,β-unsaturated/α-hetero) is 2. The summed E-state index contributed by atoms with van der Waals surface area (Å²) in [4.78, 5) is 48.4. The lowest BCUT2D eigenvalue weighted by Crippen LogP contribution is -2.23. The number of fused-ring (bicyclic) bond motifs is 1. The number of carbonyl (C=O) groups is 3. The molecule has 7 nitrogen and oxygen atoms in total. The Kier molecular flexibility index (Phi) is 4.48. The van der Waals surface area contributed by atoms with Crippen LogP contribution < -0.4 is 5.32 Å². The molecule has 3 rings (SSSR count). The highest BCUT2D eigenvalue weighted by Gasteiger charge is 2.25. The Bertz CT molecular complexity index is 830. The van der Waals surface area contributed by atoms with Gasteiger partial charge in [0.05, 0.1) is 9.88 Å². The number of hydrogen-bond donors (Lipinski definition) is 1. The van der Waals surface area contributed by atoms with Crippen LogP contribution in [0.4, 0.5) is 5.82 Å². The number of rotatable bonds is 5. The highest BCUT2D eigenvalue weighted by Crippen LogP contribution is 2.28. The summed E-state index contributed by atoms with van der Waals surface area (Å²) in [7, 11) is 0. The van der Waals surface area contributed by atoms with Gasteiger partial charge in [-0.05, 0) is 6.42 Å². The molecule has 0 aliphatic carbocycles. The predicted molar refractivity (Wildman–Crippen MR) is 88.5 cm³/mol. The number of hydrogen-bond acceptors (Lipinski definition) is 7. The quantitative estimate of drug-likeness (QED) is 0.836. The molecule has 8 heteroatoms. The van der Waals surface area contributed by atoms with E-state index in [2.05, 4.69) is 20.3 Å². The van der Waals surface area contributed by atoms with E-state index in [0.717, 1.165) is 5.01 Å². The van der Waals surface area contributed by atoms with Crippen molar-refractivity contribution in [1.29, 1.82) is 0 Å². The number of amides is 1. The molecule has 2 aromatic rings. The third kappa shape index (κ3) is 3.23. The molecular formula is C16H16N4O3S. The van der Waals surface area contributed by atoms with E-state index in [1.165, 1.54) is 24.6 Å². The number of nitrogens with one attached hydrogen (secondary N) is 1. The van der Waals surface area contributed by atoms with Crippen LogP contribution in [0.2, 0.25) is 0 Å². The summed E-state index contributed by atoms with van der Waals surface area (Å²) >= 11 is 1.31. The molecular weight excluding hydrogens is 328 g/mol. The van der Waals surface area contributed by atoms with Gasteiger partial charge in [0.1, 0.15) is 17.8 Å². The van der Waals surface area contributed by atoms with Gasteiger partial charge in [-0.15, -0.1) is 11.3 Å². The number of nitrogens with zero attached hydrogens (tertiary/aromatic N) is 3. The van der Waals surface area contributed by atoms with Crippen molar-refractivity contribution in [2.75, 3.05) is 5.32 Å². The molecule has 1 aliphatic rings. The molecule has 0 saturated carbocycles. The topological polar surface area (TPSA) is 102 Å². The Hall–Kier alpha value is -2.48. The monoisotopic (exact) mass is 344 g/mol. The van der Waals surface area contributed by atoms with E-state index < -0.39 is 0 Å². The summed E-state index contributed by atoms with van der Waals surface area (Å²) in [6, 6.07) is 0. The van der Waals surface area contributed by atoms with E-state index >= 15 is 0 Å². The number of anilines is 1. The lowest BCUT2D eigenvalue weighted by atomic mass is 9.97. The van der Waals surface area contributed by atoms with Gasteiger partial charge in [0.25, 0.3) is 0 Å². The number of aromatic nitrogens is 3. The van der Waals surface area contributed by atoms with E-state index in [-0.39, 0.29) is 29.8 Å². The lowest BCUT2D eigenvalue weighted by Gasteiger charge is -2.17. The van der Waals surface area contributed by atoms with Gasteiger partial charge in [-0.3, -0.25) is 14.4 Å². The smallest absolute Gasteiger partial charge is 0.225 e. The fourth-order valence-corrected chi connectivity index (χ4v) is 3.43. The molecule has 0 saturated heterocycles. The Morgan fingerprint density at radius 1 is 1.29 bits per heavy atom. The molecule has 0 spiro atoms. The summed E-state index contributed by atoms with van der Waals surface area (Å²) in [5.41, 5.74) is 1.05. The summed E-state index contributed by atoms with van der Waals surface area (Å²) in [6.45, 7) is 3.39. The van der Waals surface area contributed by atoms with Crippen LogP contribution in [0.5, 0.6) is 0 Å². The fraction of sp³-hybridized carbons (Fsp3) is 0.375. The SMILES string of the molecule is CC(=O)c1cnc([C@@H](C)CC(=O)c2ncnc3c2CCC(=O)N3)s1. The van der Waals surface area contributed by atoms with Crippen molar-refractivity contribution in [3.05, 3.63) is 33.7 Å². The zero-order valence-corrected chi connectivity index (χ0v) is 14.1. The van der Waals surface area contributed by atoms with Gasteiger partial charge in [-0.2, -0.15) is 0 Å². The van der Waals surface area contributed by atoms with E-state index in [1.54, 1.807) is 6.20 Å². The van der Waals surface area contributed by atoms with E-state index in [9.17, 15) is 14.4 Å². The number of thiazole rings is 1. The normalized spacial score (nSPS) is 14.7. The first-order valence-electron chi connectivity index (χ1n) is 7.59. The fourth-order valence-electron chi connectivity index (χ4n) is 2.57. The summed E-state index contributed by atoms with van der Waals surface area (Å²) in [5.74, 6) is 0.0621. The number of ketones is 2. The van der Waals surface area contributed by atoms with Gasteiger partial charge >= 0.3 is 0 Å². The second-order valence-electron chi connectivity index (χ2n) is 5.74. The van der Waals surface area contributed by atoms with Crippen LogP contribution in [0, 0.1) is 0 Å². The first-order valence-corrected chi connectivity index (χ1v) is 8.41. The van der Waals surface area contributed by atoms with Crippen LogP contribution in [0.25, 0.3) is 0 Å². The minimum atomic E-state index is -0.114. The van der Waals surface area contributed by atoms with Crippen molar-refractivity contribution < 1.29 is 14.4 Å². The molecule has 1 amide bonds. The first-order chi connectivity index (χ1) is 11.5. The van der Waals surface area contributed by atoms with Gasteiger partial charge in [0.15, 0.2) is 11.6 Å². The van der Waals surface area contributed by atoms with Crippen molar-refractivity contribution in [3.8, 4) is 0 Å². The van der Waals surface area contributed by atoms with Crippen molar-refractivity contribution in [1.82, 2.24) is 15.0 Å². The van der Waals surface area contributed by atoms with Gasteiger partial charge in [-0.25, -0.2) is 15.0 Å². The molecule has 0 unspecified atom stereocenters. The largest absolute Gasteiger partial charge is 0.310 e. The minimum Gasteiger partial charge on any atom is -0.310 e. The van der Waals surface area contributed by atoms with Gasteiger partial charge in [0.2, 0.25) is 5.91 Å². The van der Waals surface area contributed by atoms with Crippen molar-refractivity contribution in [2.24, 2.45) is 0 Å². The summed E-state index contributed by atoms with van der Waals surface area (Å²) in [6.07, 6.45) is 3.86. The van der Waals surface area contributed by atoms with Crippen LogP contribution in [0.15, 0.2) is 12.5 Å². The Morgan fingerprint density at radius 2 is 2.08 bits per heavy atom. The van der Waals surface area contributed by atoms with E-state index in [1.807, 2.05) is 6.92 Å². The molecule has 0 aromatic carbocycles. The second-order valence-corrected chi connectivity index (χ2v) is 6.81.